The standard InChI is InChI=1S/C13H11N3O3/c1-6-9(7-4-2-3-5-8(7)15-6)10-11(13(17)18)16-19-12(10)14/h2-5,15H,14H2,1H3,(H,17,18). The maximum Gasteiger partial charge on any atom is 0.358 e. The van der Waals surface area contributed by atoms with Crippen LogP contribution in [0.25, 0.3) is 22.0 Å². The fraction of sp³-hybridized carbons (Fsp3) is 0.0769. The van der Waals surface area contributed by atoms with Gasteiger partial charge in [-0.25, -0.2) is 4.79 Å². The SMILES string of the molecule is Cc1[nH]c2ccccc2c1-c1c(C(=O)O)noc1N. The van der Waals surface area contributed by atoms with Crippen LogP contribution in [0.5, 0.6) is 0 Å². The van der Waals surface area contributed by atoms with Crippen molar-refractivity contribution in [1.82, 2.24) is 10.1 Å². The van der Waals surface area contributed by atoms with Gasteiger partial charge in [0.15, 0.2) is 0 Å². The van der Waals surface area contributed by atoms with E-state index in [4.69, 9.17) is 15.4 Å². The highest BCUT2D eigenvalue weighted by molar-refractivity contribution is 6.05. The Bertz CT molecular complexity index is 786. The Morgan fingerprint density at radius 2 is 2.11 bits per heavy atom. The Hall–Kier alpha value is -2.76. The maximum absolute atomic E-state index is 11.2. The predicted octanol–water partition coefficient (Wildman–Crippen LogP) is 2.41. The highest BCUT2D eigenvalue weighted by atomic mass is 16.5. The summed E-state index contributed by atoms with van der Waals surface area (Å²) in [6.45, 7) is 1.85. The molecule has 0 aliphatic rings. The number of aromatic nitrogens is 2. The average molecular weight is 257 g/mol. The number of benzene rings is 1. The number of aromatic amines is 1. The summed E-state index contributed by atoms with van der Waals surface area (Å²) < 4.78 is 4.82. The van der Waals surface area contributed by atoms with Crippen molar-refractivity contribution < 1.29 is 14.4 Å². The van der Waals surface area contributed by atoms with Crippen molar-refractivity contribution in [2.75, 3.05) is 5.73 Å². The van der Waals surface area contributed by atoms with Crippen LogP contribution in [-0.2, 0) is 0 Å². The van der Waals surface area contributed by atoms with Gasteiger partial charge in [0.1, 0.15) is 0 Å². The second-order valence-corrected chi connectivity index (χ2v) is 4.25. The van der Waals surface area contributed by atoms with Crippen LogP contribution in [0.2, 0.25) is 0 Å². The van der Waals surface area contributed by atoms with Gasteiger partial charge in [-0.05, 0) is 13.0 Å². The summed E-state index contributed by atoms with van der Waals surface area (Å²) in [6.07, 6.45) is 0. The number of anilines is 1. The highest BCUT2D eigenvalue weighted by Crippen LogP contribution is 2.37. The number of nitrogens with zero attached hydrogens (tertiary/aromatic N) is 1. The molecule has 0 bridgehead atoms. The summed E-state index contributed by atoms with van der Waals surface area (Å²) in [4.78, 5) is 14.4. The smallest absolute Gasteiger partial charge is 0.358 e. The molecule has 3 aromatic rings. The van der Waals surface area contributed by atoms with Gasteiger partial charge >= 0.3 is 5.97 Å². The fourth-order valence-electron chi connectivity index (χ4n) is 2.29. The molecule has 0 unspecified atom stereocenters. The van der Waals surface area contributed by atoms with Gasteiger partial charge in [0.05, 0.1) is 5.56 Å². The van der Waals surface area contributed by atoms with E-state index in [1.54, 1.807) is 0 Å². The monoisotopic (exact) mass is 257 g/mol. The zero-order valence-corrected chi connectivity index (χ0v) is 10.1. The van der Waals surface area contributed by atoms with Crippen LogP contribution >= 0.6 is 0 Å². The number of fused-ring (bicyclic) bond motifs is 1. The molecule has 0 atom stereocenters. The normalized spacial score (nSPS) is 11.0. The zero-order valence-electron chi connectivity index (χ0n) is 10.1. The second-order valence-electron chi connectivity index (χ2n) is 4.25. The Labute approximate surface area is 107 Å². The van der Waals surface area contributed by atoms with Crippen LogP contribution in [0.4, 0.5) is 5.88 Å². The third kappa shape index (κ3) is 1.57. The molecule has 0 saturated carbocycles. The van der Waals surface area contributed by atoms with Crippen molar-refractivity contribution in [2.45, 2.75) is 6.92 Å². The van der Waals surface area contributed by atoms with Crippen LogP contribution in [0.3, 0.4) is 0 Å². The molecule has 19 heavy (non-hydrogen) atoms. The number of carbonyl (C=O) groups is 1. The summed E-state index contributed by atoms with van der Waals surface area (Å²) in [7, 11) is 0. The lowest BCUT2D eigenvalue weighted by Crippen LogP contribution is -2.00. The number of aryl methyl sites for hydroxylation is 1. The minimum absolute atomic E-state index is 0.00486. The van der Waals surface area contributed by atoms with Crippen molar-refractivity contribution in [3.05, 3.63) is 35.7 Å². The summed E-state index contributed by atoms with van der Waals surface area (Å²) in [5.74, 6) is -1.16. The molecule has 3 rings (SSSR count). The molecule has 1 aromatic carbocycles. The van der Waals surface area contributed by atoms with E-state index in [2.05, 4.69) is 10.1 Å². The largest absolute Gasteiger partial charge is 0.476 e. The first kappa shape index (κ1) is 11.3. The number of carboxylic acid groups (broad SMARTS) is 1. The first-order valence-electron chi connectivity index (χ1n) is 5.65. The number of hydrogen-bond acceptors (Lipinski definition) is 4. The van der Waals surface area contributed by atoms with Gasteiger partial charge < -0.3 is 20.3 Å². The van der Waals surface area contributed by atoms with Gasteiger partial charge in [0.25, 0.3) is 0 Å². The lowest BCUT2D eigenvalue weighted by molar-refractivity contribution is 0.0686. The van der Waals surface area contributed by atoms with Gasteiger partial charge in [-0.2, -0.15) is 0 Å². The van der Waals surface area contributed by atoms with Gasteiger partial charge in [-0.15, -0.1) is 0 Å². The van der Waals surface area contributed by atoms with E-state index in [1.807, 2.05) is 31.2 Å². The lowest BCUT2D eigenvalue weighted by atomic mass is 10.0. The zero-order chi connectivity index (χ0) is 13.6. The van der Waals surface area contributed by atoms with Gasteiger partial charge in [0, 0.05) is 22.2 Å². The Morgan fingerprint density at radius 1 is 1.37 bits per heavy atom. The molecule has 2 heterocycles. The van der Waals surface area contributed by atoms with Crippen molar-refractivity contribution in [3.63, 3.8) is 0 Å². The third-order valence-corrected chi connectivity index (χ3v) is 3.06. The predicted molar refractivity (Wildman–Crippen MR) is 69.9 cm³/mol. The van der Waals surface area contributed by atoms with E-state index in [0.717, 1.165) is 16.6 Å². The van der Waals surface area contributed by atoms with E-state index in [1.165, 1.54) is 0 Å². The van der Waals surface area contributed by atoms with E-state index >= 15 is 0 Å². The highest BCUT2D eigenvalue weighted by Gasteiger charge is 2.25. The van der Waals surface area contributed by atoms with E-state index < -0.39 is 5.97 Å². The van der Waals surface area contributed by atoms with Crippen molar-refractivity contribution in [1.29, 1.82) is 0 Å². The molecule has 0 spiro atoms. The minimum Gasteiger partial charge on any atom is -0.476 e. The van der Waals surface area contributed by atoms with Gasteiger partial charge in [-0.1, -0.05) is 23.4 Å². The maximum atomic E-state index is 11.2. The Kier molecular flexibility index (Phi) is 2.31. The molecule has 2 aromatic heterocycles. The molecule has 6 nitrogen and oxygen atoms in total. The Morgan fingerprint density at radius 3 is 2.84 bits per heavy atom. The molecule has 96 valence electrons. The van der Waals surface area contributed by atoms with Crippen molar-refractivity contribution >= 4 is 22.8 Å². The van der Waals surface area contributed by atoms with Crippen LogP contribution in [-0.4, -0.2) is 21.2 Å². The summed E-state index contributed by atoms with van der Waals surface area (Å²) in [6, 6.07) is 7.59. The number of para-hydroxylation sites is 1. The van der Waals surface area contributed by atoms with Crippen LogP contribution in [0, 0.1) is 6.92 Å². The number of nitrogens with two attached hydrogens (primary N) is 1. The molecule has 0 fully saturated rings. The number of nitrogens with one attached hydrogen (secondary N) is 1. The summed E-state index contributed by atoms with van der Waals surface area (Å²) in [5.41, 5.74) is 8.31. The number of nitrogen functional groups attached to an aromatic ring is 1. The van der Waals surface area contributed by atoms with E-state index in [-0.39, 0.29) is 11.6 Å². The molecular weight excluding hydrogens is 246 g/mol. The van der Waals surface area contributed by atoms with Crippen molar-refractivity contribution in [3.8, 4) is 11.1 Å². The molecule has 4 N–H and O–H groups in total. The number of H-pyrrole nitrogens is 1. The van der Waals surface area contributed by atoms with Crippen molar-refractivity contribution in [2.24, 2.45) is 0 Å². The summed E-state index contributed by atoms with van der Waals surface area (Å²) in [5, 5.41) is 13.5. The second kappa shape index (κ2) is 3.88. The lowest BCUT2D eigenvalue weighted by Gasteiger charge is -2.00. The molecule has 6 heteroatoms. The quantitative estimate of drug-likeness (QED) is 0.653. The molecule has 0 aliphatic heterocycles. The number of aromatic carboxylic acids is 1. The van der Waals surface area contributed by atoms with Crippen LogP contribution < -0.4 is 5.73 Å². The molecule has 0 saturated heterocycles. The van der Waals surface area contributed by atoms with Crippen LogP contribution in [0.15, 0.2) is 28.8 Å². The van der Waals surface area contributed by atoms with E-state index in [0.29, 0.717) is 11.1 Å². The summed E-state index contributed by atoms with van der Waals surface area (Å²) >= 11 is 0. The molecule has 0 radical (unpaired) electrons. The van der Waals surface area contributed by atoms with Gasteiger partial charge in [0.2, 0.25) is 11.6 Å². The first-order chi connectivity index (χ1) is 9.09. The number of carboxylic acids is 1. The Balaban J connectivity index is 2.39. The average Bonchev–Trinajstić information content (AvgIpc) is 2.88. The fourth-order valence-corrected chi connectivity index (χ4v) is 2.29. The first-order valence-corrected chi connectivity index (χ1v) is 5.65. The molecular formula is C13H11N3O3. The molecule has 0 aliphatic carbocycles. The topological polar surface area (TPSA) is 105 Å². The van der Waals surface area contributed by atoms with Gasteiger partial charge in [-0.3, -0.25) is 0 Å². The third-order valence-electron chi connectivity index (χ3n) is 3.06. The minimum atomic E-state index is -1.17. The number of rotatable bonds is 2. The van der Waals surface area contributed by atoms with E-state index in [9.17, 15) is 4.79 Å². The van der Waals surface area contributed by atoms with Crippen LogP contribution in [0.1, 0.15) is 16.2 Å². The molecule has 0 amide bonds. The number of hydrogen-bond donors (Lipinski definition) is 3.